The molecule has 4 aromatic rings. The van der Waals surface area contributed by atoms with Gasteiger partial charge in [-0.25, -0.2) is 4.98 Å². The first kappa shape index (κ1) is 22.2. The molecule has 4 heterocycles. The van der Waals surface area contributed by atoms with Crippen molar-refractivity contribution in [3.05, 3.63) is 59.4 Å². The van der Waals surface area contributed by atoms with Crippen LogP contribution in [0.5, 0.6) is 0 Å². The zero-order chi connectivity index (χ0) is 24.2. The molecule has 35 heavy (non-hydrogen) atoms. The normalized spacial score (nSPS) is 19.8. The number of fused-ring (bicyclic) bond motifs is 1. The third-order valence-corrected chi connectivity index (χ3v) is 7.43. The second-order valence-corrected chi connectivity index (χ2v) is 9.63. The summed E-state index contributed by atoms with van der Waals surface area (Å²) in [4.78, 5) is 4.02. The smallest absolute Gasteiger partial charge is 0.320 e. The van der Waals surface area contributed by atoms with Crippen LogP contribution in [-0.2, 0) is 13.2 Å². The van der Waals surface area contributed by atoms with Gasteiger partial charge >= 0.3 is 6.18 Å². The molecule has 1 saturated carbocycles. The molecular formula is C25H26F3N7. The second kappa shape index (κ2) is 8.44. The number of aromatic nitrogens is 6. The van der Waals surface area contributed by atoms with Gasteiger partial charge < -0.3 is 9.88 Å². The molecule has 0 bridgehead atoms. The first-order valence-corrected chi connectivity index (χ1v) is 12.0. The van der Waals surface area contributed by atoms with Crippen molar-refractivity contribution in [2.24, 2.45) is 13.0 Å². The van der Waals surface area contributed by atoms with Crippen LogP contribution in [0.1, 0.15) is 66.8 Å². The molecule has 0 spiro atoms. The third kappa shape index (κ3) is 3.89. The monoisotopic (exact) mass is 481 g/mol. The van der Waals surface area contributed by atoms with Gasteiger partial charge in [0.2, 0.25) is 0 Å². The SMILES string of the molecule is Cn1cnnc1[C@@H](c1cccc(-c2n[nH]c3c([C@@H]4CCCN4)nc(C(F)(F)F)cc23)c1)C1CCC1. The van der Waals surface area contributed by atoms with Crippen molar-refractivity contribution in [1.29, 1.82) is 0 Å². The van der Waals surface area contributed by atoms with E-state index in [1.807, 2.05) is 29.8 Å². The molecule has 1 saturated heterocycles. The van der Waals surface area contributed by atoms with Crippen molar-refractivity contribution in [2.45, 2.75) is 50.2 Å². The van der Waals surface area contributed by atoms with E-state index in [9.17, 15) is 13.2 Å². The van der Waals surface area contributed by atoms with Crippen LogP contribution in [0, 0.1) is 5.92 Å². The van der Waals surface area contributed by atoms with Gasteiger partial charge in [0, 0.05) is 23.9 Å². The molecule has 0 radical (unpaired) electrons. The van der Waals surface area contributed by atoms with Gasteiger partial charge in [0.1, 0.15) is 23.5 Å². The molecule has 182 valence electrons. The number of aromatic amines is 1. The number of rotatable bonds is 5. The number of halogens is 3. The molecule has 3 aromatic heterocycles. The highest BCUT2D eigenvalue weighted by Crippen LogP contribution is 2.44. The summed E-state index contributed by atoms with van der Waals surface area (Å²) in [5.41, 5.74) is 2.39. The minimum Gasteiger partial charge on any atom is -0.320 e. The zero-order valence-corrected chi connectivity index (χ0v) is 19.3. The minimum atomic E-state index is -4.54. The average molecular weight is 482 g/mol. The molecule has 2 aliphatic rings. The molecule has 2 N–H and O–H groups in total. The number of benzene rings is 1. The molecule has 10 heteroatoms. The zero-order valence-electron chi connectivity index (χ0n) is 19.3. The van der Waals surface area contributed by atoms with Crippen LogP contribution in [-0.4, -0.2) is 36.5 Å². The van der Waals surface area contributed by atoms with Gasteiger partial charge in [0.15, 0.2) is 0 Å². The lowest BCUT2D eigenvalue weighted by atomic mass is 9.72. The minimum absolute atomic E-state index is 0.0760. The van der Waals surface area contributed by atoms with E-state index in [1.54, 1.807) is 6.33 Å². The van der Waals surface area contributed by atoms with Crippen LogP contribution < -0.4 is 5.32 Å². The molecular weight excluding hydrogens is 455 g/mol. The van der Waals surface area contributed by atoms with Gasteiger partial charge in [0.05, 0.1) is 17.3 Å². The average Bonchev–Trinajstić information content (AvgIpc) is 3.56. The van der Waals surface area contributed by atoms with E-state index < -0.39 is 11.9 Å². The van der Waals surface area contributed by atoms with E-state index in [-0.39, 0.29) is 12.0 Å². The Morgan fingerprint density at radius 3 is 2.63 bits per heavy atom. The summed E-state index contributed by atoms with van der Waals surface area (Å²) in [5, 5.41) is 19.7. The van der Waals surface area contributed by atoms with E-state index >= 15 is 0 Å². The first-order valence-electron chi connectivity index (χ1n) is 12.0. The van der Waals surface area contributed by atoms with Crippen molar-refractivity contribution in [3.63, 3.8) is 0 Å². The van der Waals surface area contributed by atoms with E-state index in [2.05, 4.69) is 36.8 Å². The molecule has 0 unspecified atom stereocenters. The number of pyridine rings is 1. The molecule has 1 aliphatic carbocycles. The molecule has 0 amide bonds. The lowest BCUT2D eigenvalue weighted by Gasteiger charge is -2.33. The van der Waals surface area contributed by atoms with Crippen LogP contribution >= 0.6 is 0 Å². The van der Waals surface area contributed by atoms with Gasteiger partial charge in [-0.15, -0.1) is 10.2 Å². The Morgan fingerprint density at radius 1 is 1.11 bits per heavy atom. The van der Waals surface area contributed by atoms with E-state index in [0.717, 1.165) is 55.2 Å². The molecule has 7 nitrogen and oxygen atoms in total. The van der Waals surface area contributed by atoms with Crippen molar-refractivity contribution >= 4 is 10.9 Å². The van der Waals surface area contributed by atoms with E-state index in [0.29, 0.717) is 28.2 Å². The highest BCUT2D eigenvalue weighted by Gasteiger charge is 2.36. The summed E-state index contributed by atoms with van der Waals surface area (Å²) < 4.78 is 43.3. The van der Waals surface area contributed by atoms with Crippen molar-refractivity contribution < 1.29 is 13.2 Å². The van der Waals surface area contributed by atoms with Gasteiger partial charge in [0.25, 0.3) is 0 Å². The fourth-order valence-electron chi connectivity index (χ4n) is 5.43. The van der Waals surface area contributed by atoms with Crippen LogP contribution in [0.4, 0.5) is 13.2 Å². The number of aryl methyl sites for hydroxylation is 1. The fraction of sp³-hybridized carbons (Fsp3) is 0.440. The lowest BCUT2D eigenvalue weighted by molar-refractivity contribution is -0.141. The molecule has 2 atom stereocenters. The number of H-pyrrole nitrogens is 1. The van der Waals surface area contributed by atoms with Gasteiger partial charge in [-0.3, -0.25) is 5.10 Å². The van der Waals surface area contributed by atoms with Crippen molar-refractivity contribution in [3.8, 4) is 11.3 Å². The summed E-state index contributed by atoms with van der Waals surface area (Å²) in [6.45, 7) is 0.762. The fourth-order valence-corrected chi connectivity index (χ4v) is 5.43. The van der Waals surface area contributed by atoms with Crippen molar-refractivity contribution in [2.75, 3.05) is 6.54 Å². The highest BCUT2D eigenvalue weighted by atomic mass is 19.4. The number of alkyl halides is 3. The highest BCUT2D eigenvalue weighted by molar-refractivity contribution is 5.94. The Bertz CT molecular complexity index is 1360. The molecule has 1 aliphatic heterocycles. The number of hydrogen-bond donors (Lipinski definition) is 2. The summed E-state index contributed by atoms with van der Waals surface area (Å²) in [7, 11) is 1.94. The summed E-state index contributed by atoms with van der Waals surface area (Å²) in [6.07, 6.45) is 2.23. The number of nitrogens with one attached hydrogen (secondary N) is 2. The maximum absolute atomic E-state index is 13.8. The van der Waals surface area contributed by atoms with Crippen LogP contribution in [0.2, 0.25) is 0 Å². The Labute approximate surface area is 200 Å². The maximum atomic E-state index is 13.8. The van der Waals surface area contributed by atoms with Crippen LogP contribution in [0.3, 0.4) is 0 Å². The molecule has 2 fully saturated rings. The van der Waals surface area contributed by atoms with Gasteiger partial charge in [-0.1, -0.05) is 24.6 Å². The Morgan fingerprint density at radius 2 is 1.97 bits per heavy atom. The van der Waals surface area contributed by atoms with Crippen molar-refractivity contribution in [1.82, 2.24) is 35.3 Å². The second-order valence-electron chi connectivity index (χ2n) is 9.63. The predicted molar refractivity (Wildman–Crippen MR) is 124 cm³/mol. The van der Waals surface area contributed by atoms with E-state index in [4.69, 9.17) is 0 Å². The Kier molecular flexibility index (Phi) is 5.36. The van der Waals surface area contributed by atoms with E-state index in [1.165, 1.54) is 6.42 Å². The standard InChI is InChI=1S/C25H26F3N7/c1-35-13-30-34-24(35)20(14-5-2-6-14)15-7-3-8-16(11-15)21-17-12-19(25(26,27)28)31-23(22(17)33-32-21)18-9-4-10-29-18/h3,7-8,11-14,18,20,29H,2,4-6,9-10H2,1H3,(H,32,33)/t18-,20+/m0/s1. The Hall–Kier alpha value is -3.27. The van der Waals surface area contributed by atoms with Crippen LogP contribution in [0.25, 0.3) is 22.2 Å². The number of hydrogen-bond acceptors (Lipinski definition) is 5. The molecule has 1 aromatic carbocycles. The number of nitrogens with zero attached hydrogens (tertiary/aromatic N) is 5. The first-order chi connectivity index (χ1) is 16.9. The topological polar surface area (TPSA) is 84.3 Å². The largest absolute Gasteiger partial charge is 0.433 e. The Balaban J connectivity index is 1.48. The van der Waals surface area contributed by atoms with Gasteiger partial charge in [-0.2, -0.15) is 18.3 Å². The quantitative estimate of drug-likeness (QED) is 0.413. The predicted octanol–water partition coefficient (Wildman–Crippen LogP) is 5.13. The maximum Gasteiger partial charge on any atom is 0.433 e. The lowest BCUT2D eigenvalue weighted by Crippen LogP contribution is -2.24. The third-order valence-electron chi connectivity index (χ3n) is 7.43. The summed E-state index contributed by atoms with van der Waals surface area (Å²) in [6, 6.07) is 8.83. The van der Waals surface area contributed by atoms with Crippen LogP contribution in [0.15, 0.2) is 36.7 Å². The molecule has 6 rings (SSSR count). The van der Waals surface area contributed by atoms with Gasteiger partial charge in [-0.05, 0) is 55.8 Å². The summed E-state index contributed by atoms with van der Waals surface area (Å²) >= 11 is 0. The summed E-state index contributed by atoms with van der Waals surface area (Å²) in [5.74, 6) is 1.44.